The van der Waals surface area contributed by atoms with Gasteiger partial charge in [-0.25, -0.2) is 18.3 Å². The first-order valence-electron chi connectivity index (χ1n) is 8.69. The summed E-state index contributed by atoms with van der Waals surface area (Å²) in [5, 5.41) is 14.6. The molecule has 1 aromatic carbocycles. The second kappa shape index (κ2) is 7.54. The number of aryl methyl sites for hydroxylation is 1. The highest BCUT2D eigenvalue weighted by atomic mass is 79.9. The van der Waals surface area contributed by atoms with E-state index in [1.54, 1.807) is 18.2 Å². The molecule has 5 nitrogen and oxygen atoms in total. The van der Waals surface area contributed by atoms with Crippen molar-refractivity contribution in [1.82, 2.24) is 14.6 Å². The van der Waals surface area contributed by atoms with Crippen molar-refractivity contribution in [2.75, 3.05) is 11.9 Å². The van der Waals surface area contributed by atoms with E-state index < -0.39 is 5.82 Å². The summed E-state index contributed by atoms with van der Waals surface area (Å²) in [4.78, 5) is 6.92. The average Bonchev–Trinajstić information content (AvgIpc) is 3.30. The number of anilines is 2. The van der Waals surface area contributed by atoms with E-state index in [4.69, 9.17) is 0 Å². The predicted octanol–water partition coefficient (Wildman–Crippen LogP) is 5.70. The molecule has 0 unspecified atom stereocenters. The number of hydrogen-bond acceptors (Lipinski definition) is 5. The number of rotatable bonds is 4. The highest BCUT2D eigenvalue weighted by Crippen LogP contribution is 2.38. The molecule has 0 saturated heterocycles. The minimum absolute atomic E-state index is 0.339. The molecule has 0 bridgehead atoms. The molecule has 0 spiro atoms. The van der Waals surface area contributed by atoms with Crippen molar-refractivity contribution in [2.24, 2.45) is 0 Å². The number of pyridine rings is 1. The van der Waals surface area contributed by atoms with Crippen LogP contribution in [0.3, 0.4) is 0 Å². The molecule has 4 rings (SSSR count). The highest BCUT2D eigenvalue weighted by molar-refractivity contribution is 9.10. The summed E-state index contributed by atoms with van der Waals surface area (Å²) in [7, 11) is 1.84. The molecule has 0 N–H and O–H groups in total. The first-order valence-corrected chi connectivity index (χ1v) is 10.3. The average molecular weight is 474 g/mol. The number of nitriles is 1. The van der Waals surface area contributed by atoms with E-state index >= 15 is 0 Å². The minimum atomic E-state index is -0.406. The van der Waals surface area contributed by atoms with E-state index in [0.29, 0.717) is 32.2 Å². The Balaban J connectivity index is 1.85. The van der Waals surface area contributed by atoms with Crippen LogP contribution in [-0.4, -0.2) is 21.6 Å². The Bertz CT molecular complexity index is 1260. The van der Waals surface area contributed by atoms with Crippen LogP contribution < -0.4 is 4.90 Å². The summed E-state index contributed by atoms with van der Waals surface area (Å²) in [6, 6.07) is 9.72. The molecule has 4 aromatic rings. The molecule has 0 saturated carbocycles. The van der Waals surface area contributed by atoms with Crippen molar-refractivity contribution in [3.8, 4) is 17.3 Å². The molecule has 0 fully saturated rings. The molecule has 3 heterocycles. The molecular weight excluding hydrogens is 460 g/mol. The summed E-state index contributed by atoms with van der Waals surface area (Å²) in [5.41, 5.74) is 3.45. The third-order valence-electron chi connectivity index (χ3n) is 4.51. The molecule has 0 aliphatic rings. The van der Waals surface area contributed by atoms with Gasteiger partial charge >= 0.3 is 0 Å². The van der Waals surface area contributed by atoms with Gasteiger partial charge < -0.3 is 4.90 Å². The lowest BCUT2D eigenvalue weighted by atomic mass is 10.1. The lowest BCUT2D eigenvalue weighted by Crippen LogP contribution is -2.10. The number of thiazole rings is 1. The maximum absolute atomic E-state index is 13.9. The molecule has 0 aliphatic carbocycles. The third-order valence-corrected chi connectivity index (χ3v) is 6.15. The molecule has 9 heteroatoms. The van der Waals surface area contributed by atoms with E-state index in [1.807, 2.05) is 18.9 Å². The normalized spacial score (nSPS) is 11.0. The summed E-state index contributed by atoms with van der Waals surface area (Å²) in [5.74, 6) is -0.756. The van der Waals surface area contributed by atoms with Crippen molar-refractivity contribution in [3.05, 3.63) is 63.2 Å². The van der Waals surface area contributed by atoms with Gasteiger partial charge in [-0.3, -0.25) is 0 Å². The smallest absolute Gasteiger partial charge is 0.191 e. The molecule has 146 valence electrons. The Morgan fingerprint density at radius 1 is 1.28 bits per heavy atom. The zero-order valence-corrected chi connectivity index (χ0v) is 17.9. The van der Waals surface area contributed by atoms with Gasteiger partial charge in [-0.15, -0.1) is 0 Å². The lowest BCUT2D eigenvalue weighted by Gasteiger charge is -2.16. The Labute approximate surface area is 178 Å². The molecular formula is C20H14BrF2N5S. The van der Waals surface area contributed by atoms with Crippen LogP contribution in [0, 0.1) is 23.0 Å². The zero-order valence-electron chi connectivity index (χ0n) is 15.4. The van der Waals surface area contributed by atoms with Gasteiger partial charge in [0.1, 0.15) is 22.5 Å². The van der Waals surface area contributed by atoms with Crippen LogP contribution in [0.4, 0.5) is 19.6 Å². The monoisotopic (exact) mass is 473 g/mol. The van der Waals surface area contributed by atoms with Crippen LogP contribution in [0.1, 0.15) is 17.5 Å². The van der Waals surface area contributed by atoms with E-state index in [9.17, 15) is 14.0 Å². The SMILES string of the molecule is CCc1nn2cc(F)c(Br)cc2c1N(C)c1nc(-c2ccc(F)cc2)c(C#N)s1. The van der Waals surface area contributed by atoms with Crippen LogP contribution in [0.2, 0.25) is 0 Å². The van der Waals surface area contributed by atoms with Crippen molar-refractivity contribution in [1.29, 1.82) is 5.26 Å². The summed E-state index contributed by atoms with van der Waals surface area (Å²) in [6.45, 7) is 1.97. The Hall–Kier alpha value is -2.83. The second-order valence-corrected chi connectivity index (χ2v) is 8.13. The van der Waals surface area contributed by atoms with Gasteiger partial charge in [-0.1, -0.05) is 18.3 Å². The van der Waals surface area contributed by atoms with Gasteiger partial charge in [0.15, 0.2) is 10.9 Å². The largest absolute Gasteiger partial charge is 0.317 e. The summed E-state index contributed by atoms with van der Waals surface area (Å²) in [6.07, 6.45) is 1.96. The van der Waals surface area contributed by atoms with Crippen LogP contribution in [-0.2, 0) is 6.42 Å². The van der Waals surface area contributed by atoms with E-state index in [0.717, 1.165) is 16.9 Å². The standard InChI is InChI=1S/C20H14BrF2N5S/c1-3-15-19(16-8-13(21)14(23)10-28(16)26-15)27(2)20-25-18(17(9-24)29-20)11-4-6-12(22)7-5-11/h4-8,10H,3H2,1-2H3. The van der Waals surface area contributed by atoms with Crippen LogP contribution in [0.5, 0.6) is 0 Å². The lowest BCUT2D eigenvalue weighted by molar-refractivity contribution is 0.607. The first-order chi connectivity index (χ1) is 13.9. The van der Waals surface area contributed by atoms with Gasteiger partial charge in [0, 0.05) is 12.6 Å². The van der Waals surface area contributed by atoms with Crippen LogP contribution in [0.15, 0.2) is 41.0 Å². The molecule has 0 atom stereocenters. The van der Waals surface area contributed by atoms with E-state index in [1.165, 1.54) is 34.2 Å². The molecule has 0 radical (unpaired) electrons. The van der Waals surface area contributed by atoms with Gasteiger partial charge in [0.2, 0.25) is 0 Å². The third kappa shape index (κ3) is 3.39. The minimum Gasteiger partial charge on any atom is -0.317 e. The fourth-order valence-corrected chi connectivity index (χ4v) is 4.28. The molecule has 3 aromatic heterocycles. The Kier molecular flexibility index (Phi) is 5.06. The quantitative estimate of drug-likeness (QED) is 0.381. The number of aromatic nitrogens is 3. The Morgan fingerprint density at radius 2 is 2.00 bits per heavy atom. The van der Waals surface area contributed by atoms with Crippen LogP contribution >= 0.6 is 27.3 Å². The molecule has 0 amide bonds. The van der Waals surface area contributed by atoms with Gasteiger partial charge in [-0.05, 0) is 52.7 Å². The Morgan fingerprint density at radius 3 is 2.66 bits per heavy atom. The number of halogens is 3. The van der Waals surface area contributed by atoms with Crippen molar-refractivity contribution in [3.63, 3.8) is 0 Å². The van der Waals surface area contributed by atoms with Gasteiger partial charge in [-0.2, -0.15) is 10.4 Å². The maximum Gasteiger partial charge on any atom is 0.191 e. The van der Waals surface area contributed by atoms with E-state index in [2.05, 4.69) is 32.1 Å². The van der Waals surface area contributed by atoms with Crippen molar-refractivity contribution in [2.45, 2.75) is 13.3 Å². The predicted molar refractivity (Wildman–Crippen MR) is 113 cm³/mol. The number of fused-ring (bicyclic) bond motifs is 1. The van der Waals surface area contributed by atoms with Crippen molar-refractivity contribution >= 4 is 43.6 Å². The zero-order chi connectivity index (χ0) is 20.7. The van der Waals surface area contributed by atoms with Crippen LogP contribution in [0.25, 0.3) is 16.8 Å². The van der Waals surface area contributed by atoms with Crippen molar-refractivity contribution < 1.29 is 8.78 Å². The van der Waals surface area contributed by atoms with E-state index in [-0.39, 0.29) is 5.82 Å². The second-order valence-electron chi connectivity index (χ2n) is 6.30. The highest BCUT2D eigenvalue weighted by Gasteiger charge is 2.22. The van der Waals surface area contributed by atoms with Gasteiger partial charge in [0.25, 0.3) is 0 Å². The number of hydrogen-bond donors (Lipinski definition) is 0. The maximum atomic E-state index is 13.9. The summed E-state index contributed by atoms with van der Waals surface area (Å²) < 4.78 is 29.1. The fourth-order valence-electron chi connectivity index (χ4n) is 3.11. The topological polar surface area (TPSA) is 57.2 Å². The number of nitrogens with zero attached hydrogens (tertiary/aromatic N) is 5. The number of benzene rings is 1. The molecule has 29 heavy (non-hydrogen) atoms. The summed E-state index contributed by atoms with van der Waals surface area (Å²) >= 11 is 4.47. The van der Waals surface area contributed by atoms with Gasteiger partial charge in [0.05, 0.1) is 27.6 Å². The first kappa shape index (κ1) is 19.5. The molecule has 0 aliphatic heterocycles. The fraction of sp³-hybridized carbons (Fsp3) is 0.150.